The van der Waals surface area contributed by atoms with Crippen LogP contribution in [0.25, 0.3) is 16.5 Å². The number of amides is 2. The lowest BCUT2D eigenvalue weighted by molar-refractivity contribution is -0.131. The zero-order chi connectivity index (χ0) is 22.0. The second-order valence-electron chi connectivity index (χ2n) is 8.08. The van der Waals surface area contributed by atoms with Crippen LogP contribution < -0.4 is 5.32 Å². The van der Waals surface area contributed by atoms with Gasteiger partial charge in [-0.2, -0.15) is 0 Å². The first-order chi connectivity index (χ1) is 14.9. The number of hydrogen-bond acceptors (Lipinski definition) is 2. The Morgan fingerprint density at radius 3 is 2.65 bits per heavy atom. The second kappa shape index (κ2) is 8.76. The maximum Gasteiger partial charge on any atom is 0.225 e. The fourth-order valence-corrected chi connectivity index (χ4v) is 4.10. The molecule has 2 amide bonds. The quantitative estimate of drug-likeness (QED) is 0.640. The van der Waals surface area contributed by atoms with Crippen LogP contribution in [0.5, 0.6) is 0 Å². The maximum atomic E-state index is 13.4. The summed E-state index contributed by atoms with van der Waals surface area (Å²) in [5, 5.41) is 3.89. The van der Waals surface area contributed by atoms with Gasteiger partial charge in [-0.05, 0) is 42.7 Å². The number of H-pyrrole nitrogens is 1. The van der Waals surface area contributed by atoms with E-state index in [1.165, 1.54) is 19.1 Å². The molecular formula is C25H26FN3O2. The van der Waals surface area contributed by atoms with E-state index in [1.54, 1.807) is 6.07 Å². The Labute approximate surface area is 180 Å². The summed E-state index contributed by atoms with van der Waals surface area (Å²) in [6, 6.07) is 12.3. The van der Waals surface area contributed by atoms with Crippen molar-refractivity contribution in [2.24, 2.45) is 0 Å². The smallest absolute Gasteiger partial charge is 0.225 e. The number of hydrogen-bond donors (Lipinski definition) is 2. The molecule has 1 aromatic heterocycles. The highest BCUT2D eigenvalue weighted by Crippen LogP contribution is 2.30. The van der Waals surface area contributed by atoms with Crippen molar-refractivity contribution in [1.29, 1.82) is 0 Å². The zero-order valence-electron chi connectivity index (χ0n) is 17.7. The van der Waals surface area contributed by atoms with Crippen LogP contribution in [-0.2, 0) is 9.59 Å². The molecule has 1 unspecified atom stereocenters. The molecule has 4 rings (SSSR count). The van der Waals surface area contributed by atoms with Crippen LogP contribution in [0.2, 0.25) is 0 Å². The van der Waals surface area contributed by atoms with Gasteiger partial charge in [0.25, 0.3) is 0 Å². The van der Waals surface area contributed by atoms with Crippen molar-refractivity contribution in [2.75, 3.05) is 13.1 Å². The van der Waals surface area contributed by atoms with Crippen LogP contribution in [0.4, 0.5) is 4.39 Å². The number of benzene rings is 2. The summed E-state index contributed by atoms with van der Waals surface area (Å²) in [4.78, 5) is 29.6. The summed E-state index contributed by atoms with van der Waals surface area (Å²) in [5.41, 5.74) is 5.03. The first kappa shape index (κ1) is 20.8. The van der Waals surface area contributed by atoms with Crippen LogP contribution in [0, 0.1) is 12.7 Å². The summed E-state index contributed by atoms with van der Waals surface area (Å²) in [5.74, 6) is -0.414. The minimum Gasteiger partial charge on any atom is -0.360 e. The second-order valence-corrected chi connectivity index (χ2v) is 8.08. The highest BCUT2D eigenvalue weighted by molar-refractivity contribution is 5.93. The van der Waals surface area contributed by atoms with Gasteiger partial charge in [-0.3, -0.25) is 9.59 Å². The Morgan fingerprint density at radius 2 is 1.97 bits per heavy atom. The Hall–Kier alpha value is -3.41. The largest absolute Gasteiger partial charge is 0.360 e. The molecule has 0 bridgehead atoms. The number of carbonyl (C=O) groups is 2. The van der Waals surface area contributed by atoms with Gasteiger partial charge in [-0.15, -0.1) is 0 Å². The van der Waals surface area contributed by atoms with E-state index in [0.29, 0.717) is 13.1 Å². The number of nitrogens with one attached hydrogen (secondary N) is 2. The van der Waals surface area contributed by atoms with Gasteiger partial charge >= 0.3 is 0 Å². The molecule has 1 atom stereocenters. The summed E-state index contributed by atoms with van der Waals surface area (Å²) in [7, 11) is 0. The standard InChI is InChI=1S/C25H26FN3O2/c1-16-3-5-19(6-4-16)23(28-17(2)30)14-25(31)29-11-9-18(10-12-29)22-15-27-24-13-20(26)7-8-21(22)24/h3-9,13,15,23,27H,10-12,14H2,1-2H3,(H,28,30). The van der Waals surface area contributed by atoms with Gasteiger partial charge in [0.2, 0.25) is 11.8 Å². The molecule has 6 heteroatoms. The van der Waals surface area contributed by atoms with Crippen LogP contribution in [0.3, 0.4) is 0 Å². The van der Waals surface area contributed by atoms with E-state index in [-0.39, 0.29) is 30.1 Å². The van der Waals surface area contributed by atoms with Crippen LogP contribution in [0.15, 0.2) is 54.7 Å². The molecule has 1 aliphatic rings. The third-order valence-corrected chi connectivity index (χ3v) is 5.79. The normalized spacial score (nSPS) is 14.9. The third kappa shape index (κ3) is 4.68. The molecule has 2 N–H and O–H groups in total. The molecule has 0 saturated heterocycles. The number of aromatic nitrogens is 1. The van der Waals surface area contributed by atoms with Crippen molar-refractivity contribution in [3.8, 4) is 0 Å². The minimum absolute atomic E-state index is 0.00984. The van der Waals surface area contributed by atoms with E-state index in [0.717, 1.165) is 39.6 Å². The molecule has 160 valence electrons. The van der Waals surface area contributed by atoms with Crippen molar-refractivity contribution in [3.63, 3.8) is 0 Å². The predicted octanol–water partition coefficient (Wildman–Crippen LogP) is 4.50. The average Bonchev–Trinajstić information content (AvgIpc) is 3.16. The number of carbonyl (C=O) groups excluding carboxylic acids is 2. The fourth-order valence-electron chi connectivity index (χ4n) is 4.10. The Kier molecular flexibility index (Phi) is 5.89. The maximum absolute atomic E-state index is 13.4. The Balaban J connectivity index is 1.46. The molecule has 1 aliphatic heterocycles. The number of aromatic amines is 1. The summed E-state index contributed by atoms with van der Waals surface area (Å²) >= 11 is 0. The van der Waals surface area contributed by atoms with Gasteiger partial charge in [0, 0.05) is 42.7 Å². The van der Waals surface area contributed by atoms with E-state index >= 15 is 0 Å². The molecule has 31 heavy (non-hydrogen) atoms. The van der Waals surface area contributed by atoms with Gasteiger partial charge in [0.1, 0.15) is 5.82 Å². The topological polar surface area (TPSA) is 65.2 Å². The first-order valence-electron chi connectivity index (χ1n) is 10.5. The number of fused-ring (bicyclic) bond motifs is 1. The lowest BCUT2D eigenvalue weighted by Gasteiger charge is -2.28. The number of halogens is 1. The molecular weight excluding hydrogens is 393 g/mol. The monoisotopic (exact) mass is 419 g/mol. The molecule has 2 heterocycles. The van der Waals surface area contributed by atoms with Crippen molar-refractivity contribution in [3.05, 3.63) is 77.2 Å². The molecule has 5 nitrogen and oxygen atoms in total. The predicted molar refractivity (Wildman–Crippen MR) is 120 cm³/mol. The molecule has 0 aliphatic carbocycles. The minimum atomic E-state index is -0.348. The lowest BCUT2D eigenvalue weighted by Crippen LogP contribution is -2.38. The van der Waals surface area contributed by atoms with E-state index in [1.807, 2.05) is 42.3 Å². The van der Waals surface area contributed by atoms with Crippen molar-refractivity contribution >= 4 is 28.3 Å². The van der Waals surface area contributed by atoms with Gasteiger partial charge in [0.15, 0.2) is 0 Å². The molecule has 0 radical (unpaired) electrons. The average molecular weight is 420 g/mol. The van der Waals surface area contributed by atoms with E-state index < -0.39 is 0 Å². The molecule has 2 aromatic carbocycles. The van der Waals surface area contributed by atoms with Crippen LogP contribution >= 0.6 is 0 Å². The fraction of sp³-hybridized carbons (Fsp3) is 0.280. The summed E-state index contributed by atoms with van der Waals surface area (Å²) < 4.78 is 13.4. The van der Waals surface area contributed by atoms with Crippen LogP contribution in [-0.4, -0.2) is 34.8 Å². The van der Waals surface area contributed by atoms with E-state index in [4.69, 9.17) is 0 Å². The lowest BCUT2D eigenvalue weighted by atomic mass is 9.97. The zero-order valence-corrected chi connectivity index (χ0v) is 17.7. The van der Waals surface area contributed by atoms with E-state index in [2.05, 4.69) is 16.4 Å². The van der Waals surface area contributed by atoms with Gasteiger partial charge in [-0.1, -0.05) is 35.9 Å². The molecule has 0 saturated carbocycles. The molecule has 0 spiro atoms. The number of rotatable bonds is 5. The van der Waals surface area contributed by atoms with E-state index in [9.17, 15) is 14.0 Å². The Morgan fingerprint density at radius 1 is 1.19 bits per heavy atom. The van der Waals surface area contributed by atoms with Crippen molar-refractivity contribution < 1.29 is 14.0 Å². The Bertz CT molecular complexity index is 1150. The van der Waals surface area contributed by atoms with Crippen molar-refractivity contribution in [1.82, 2.24) is 15.2 Å². The van der Waals surface area contributed by atoms with Crippen LogP contribution in [0.1, 0.15) is 42.5 Å². The summed E-state index contributed by atoms with van der Waals surface area (Å²) in [6.45, 7) is 4.60. The van der Waals surface area contributed by atoms with Gasteiger partial charge in [-0.25, -0.2) is 4.39 Å². The first-order valence-corrected chi connectivity index (χ1v) is 10.5. The SMILES string of the molecule is CC(=O)NC(CC(=O)N1CC=C(c2c[nH]c3cc(F)ccc23)CC1)c1ccc(C)cc1. The van der Waals surface area contributed by atoms with Gasteiger partial charge < -0.3 is 15.2 Å². The summed E-state index contributed by atoms with van der Waals surface area (Å²) in [6.07, 6.45) is 4.91. The molecule has 3 aromatic rings. The molecule has 0 fully saturated rings. The van der Waals surface area contributed by atoms with Crippen molar-refractivity contribution in [2.45, 2.75) is 32.7 Å². The highest BCUT2D eigenvalue weighted by Gasteiger charge is 2.23. The third-order valence-electron chi connectivity index (χ3n) is 5.79. The number of aryl methyl sites for hydroxylation is 1. The number of nitrogens with zero attached hydrogens (tertiary/aromatic N) is 1. The highest BCUT2D eigenvalue weighted by atomic mass is 19.1. The van der Waals surface area contributed by atoms with Gasteiger partial charge in [0.05, 0.1) is 12.5 Å².